The van der Waals surface area contributed by atoms with E-state index < -0.39 is 0 Å². The van der Waals surface area contributed by atoms with E-state index in [-0.39, 0.29) is 24.8 Å². The van der Waals surface area contributed by atoms with Crippen LogP contribution in [0.5, 0.6) is 0 Å². The molecular formula is C20H18N2O5S. The number of methoxy groups -OCH3 is 1. The number of ether oxygens (including phenoxy) is 3. The quantitative estimate of drug-likeness (QED) is 0.590. The zero-order valence-electron chi connectivity index (χ0n) is 15.2. The van der Waals surface area contributed by atoms with E-state index in [1.165, 1.54) is 11.3 Å². The number of anilines is 1. The molecule has 1 unspecified atom stereocenters. The first-order chi connectivity index (χ1) is 13.6. The van der Waals surface area contributed by atoms with Gasteiger partial charge < -0.3 is 14.2 Å². The smallest absolute Gasteiger partial charge is 0.414 e. The van der Waals surface area contributed by atoms with E-state index in [9.17, 15) is 9.59 Å². The fraction of sp³-hybridized carbons (Fsp3) is 0.250. The van der Waals surface area contributed by atoms with Crippen molar-refractivity contribution in [3.63, 3.8) is 0 Å². The van der Waals surface area contributed by atoms with Crippen molar-refractivity contribution in [3.8, 4) is 0 Å². The maximum Gasteiger partial charge on any atom is 0.414 e. The Hall–Kier alpha value is -2.97. The number of nitrogens with zero attached hydrogens (tertiary/aromatic N) is 2. The number of benzene rings is 2. The van der Waals surface area contributed by atoms with Crippen molar-refractivity contribution in [3.05, 3.63) is 59.1 Å². The SMILES string of the molecule is COCC1CN(c2ccc3nc(COC(=O)c4ccccc4)sc3c2)C(=O)O1. The number of carbonyl (C=O) groups is 2. The molecule has 0 bridgehead atoms. The molecule has 1 aliphatic heterocycles. The molecule has 0 N–H and O–H groups in total. The summed E-state index contributed by atoms with van der Waals surface area (Å²) >= 11 is 1.43. The number of hydrogen-bond acceptors (Lipinski definition) is 7. The Morgan fingerprint density at radius 3 is 2.89 bits per heavy atom. The van der Waals surface area contributed by atoms with Crippen LogP contribution in [0.4, 0.5) is 10.5 Å². The molecule has 1 aromatic heterocycles. The van der Waals surface area contributed by atoms with Crippen LogP contribution in [0, 0.1) is 0 Å². The highest BCUT2D eigenvalue weighted by atomic mass is 32.1. The summed E-state index contributed by atoms with van der Waals surface area (Å²) in [6.07, 6.45) is -0.662. The second-order valence-corrected chi connectivity index (χ2v) is 7.39. The lowest BCUT2D eigenvalue weighted by Gasteiger charge is -2.12. The van der Waals surface area contributed by atoms with Crippen molar-refractivity contribution in [2.45, 2.75) is 12.7 Å². The Morgan fingerprint density at radius 1 is 1.29 bits per heavy atom. The van der Waals surface area contributed by atoms with Gasteiger partial charge in [0, 0.05) is 12.8 Å². The Balaban J connectivity index is 1.46. The zero-order chi connectivity index (χ0) is 19.5. The van der Waals surface area contributed by atoms with Crippen molar-refractivity contribution in [1.29, 1.82) is 0 Å². The van der Waals surface area contributed by atoms with Gasteiger partial charge in [-0.2, -0.15) is 0 Å². The van der Waals surface area contributed by atoms with Crippen LogP contribution in [0.1, 0.15) is 15.4 Å². The van der Waals surface area contributed by atoms with E-state index in [2.05, 4.69) is 4.98 Å². The van der Waals surface area contributed by atoms with E-state index in [4.69, 9.17) is 14.2 Å². The van der Waals surface area contributed by atoms with Gasteiger partial charge in [0.25, 0.3) is 0 Å². The summed E-state index contributed by atoms with van der Waals surface area (Å²) in [5.74, 6) is -0.385. The first-order valence-corrected chi connectivity index (χ1v) is 9.54. The average Bonchev–Trinajstić information content (AvgIpc) is 3.29. The molecule has 7 nitrogen and oxygen atoms in total. The highest BCUT2D eigenvalue weighted by Gasteiger charge is 2.32. The van der Waals surface area contributed by atoms with Gasteiger partial charge in [0.2, 0.25) is 0 Å². The van der Waals surface area contributed by atoms with Crippen LogP contribution in [0.25, 0.3) is 10.2 Å². The molecule has 4 rings (SSSR count). The molecule has 1 amide bonds. The minimum Gasteiger partial charge on any atom is -0.455 e. The predicted molar refractivity (Wildman–Crippen MR) is 105 cm³/mol. The number of aromatic nitrogens is 1. The Bertz CT molecular complexity index is 1000. The van der Waals surface area contributed by atoms with E-state index in [0.29, 0.717) is 23.7 Å². The monoisotopic (exact) mass is 398 g/mol. The topological polar surface area (TPSA) is 78.0 Å². The lowest BCUT2D eigenvalue weighted by atomic mass is 10.2. The number of amides is 1. The van der Waals surface area contributed by atoms with E-state index in [1.54, 1.807) is 36.3 Å². The molecule has 0 radical (unpaired) electrons. The van der Waals surface area contributed by atoms with Crippen LogP contribution >= 0.6 is 11.3 Å². The summed E-state index contributed by atoms with van der Waals surface area (Å²) in [6.45, 7) is 0.907. The van der Waals surface area contributed by atoms with Gasteiger partial charge in [0.15, 0.2) is 0 Å². The molecule has 1 atom stereocenters. The summed E-state index contributed by atoms with van der Waals surface area (Å²) in [6, 6.07) is 14.4. The molecular weight excluding hydrogens is 380 g/mol. The molecule has 1 saturated heterocycles. The molecule has 0 spiro atoms. The number of rotatable bonds is 6. The molecule has 2 heterocycles. The standard InChI is InChI=1S/C20H18N2O5S/c1-25-11-15-10-22(20(24)27-15)14-7-8-16-17(9-14)28-18(21-16)12-26-19(23)13-5-3-2-4-6-13/h2-9,15H,10-12H2,1H3. The molecule has 1 fully saturated rings. The third-order valence-corrected chi connectivity index (χ3v) is 5.28. The molecule has 0 saturated carbocycles. The van der Waals surface area contributed by atoms with Crippen molar-refractivity contribution in [1.82, 2.24) is 4.98 Å². The van der Waals surface area contributed by atoms with Gasteiger partial charge in [-0.3, -0.25) is 4.90 Å². The molecule has 8 heteroatoms. The highest BCUT2D eigenvalue weighted by Crippen LogP contribution is 2.29. The minimum atomic E-state index is -0.386. The van der Waals surface area contributed by atoms with Crippen molar-refractivity contribution >= 4 is 39.3 Å². The Labute approximate surface area is 165 Å². The maximum absolute atomic E-state index is 12.1. The predicted octanol–water partition coefficient (Wildman–Crippen LogP) is 3.62. The number of thiazole rings is 1. The summed E-state index contributed by atoms with van der Waals surface area (Å²) in [5.41, 5.74) is 2.04. The molecule has 2 aromatic carbocycles. The largest absolute Gasteiger partial charge is 0.455 e. The van der Waals surface area contributed by atoms with Crippen LogP contribution < -0.4 is 4.90 Å². The lowest BCUT2D eigenvalue weighted by Crippen LogP contribution is -2.25. The van der Waals surface area contributed by atoms with Crippen LogP contribution in [-0.4, -0.2) is 43.4 Å². The highest BCUT2D eigenvalue weighted by molar-refractivity contribution is 7.18. The number of fused-ring (bicyclic) bond motifs is 1. The Kier molecular flexibility index (Phi) is 5.23. The molecule has 1 aliphatic rings. The van der Waals surface area contributed by atoms with E-state index in [0.717, 1.165) is 15.9 Å². The van der Waals surface area contributed by atoms with Crippen LogP contribution in [-0.2, 0) is 20.8 Å². The second kappa shape index (κ2) is 7.95. The normalized spacial score (nSPS) is 16.4. The summed E-state index contributed by atoms with van der Waals surface area (Å²) in [4.78, 5) is 30.2. The average molecular weight is 398 g/mol. The second-order valence-electron chi connectivity index (χ2n) is 6.27. The molecule has 3 aromatic rings. The van der Waals surface area contributed by atoms with Gasteiger partial charge in [0.05, 0.1) is 28.9 Å². The minimum absolute atomic E-state index is 0.101. The van der Waals surface area contributed by atoms with Gasteiger partial charge in [-0.1, -0.05) is 18.2 Å². The van der Waals surface area contributed by atoms with Gasteiger partial charge in [-0.05, 0) is 30.3 Å². The molecule has 28 heavy (non-hydrogen) atoms. The first-order valence-electron chi connectivity index (χ1n) is 8.73. The Morgan fingerprint density at radius 2 is 2.11 bits per heavy atom. The van der Waals surface area contributed by atoms with Gasteiger partial charge >= 0.3 is 12.1 Å². The van der Waals surface area contributed by atoms with Crippen LogP contribution in [0.3, 0.4) is 0 Å². The summed E-state index contributed by atoms with van der Waals surface area (Å²) in [5, 5.41) is 0.692. The fourth-order valence-corrected chi connectivity index (χ4v) is 3.89. The van der Waals surface area contributed by atoms with Crippen molar-refractivity contribution in [2.24, 2.45) is 0 Å². The van der Waals surface area contributed by atoms with Crippen LogP contribution in [0.2, 0.25) is 0 Å². The summed E-state index contributed by atoms with van der Waals surface area (Å²) in [7, 11) is 1.58. The van der Waals surface area contributed by atoms with E-state index >= 15 is 0 Å². The molecule has 144 valence electrons. The van der Waals surface area contributed by atoms with Crippen molar-refractivity contribution in [2.75, 3.05) is 25.2 Å². The zero-order valence-corrected chi connectivity index (χ0v) is 16.0. The number of hydrogen-bond donors (Lipinski definition) is 0. The van der Waals surface area contributed by atoms with Crippen molar-refractivity contribution < 1.29 is 23.8 Å². The van der Waals surface area contributed by atoms with Gasteiger partial charge in [-0.15, -0.1) is 11.3 Å². The third kappa shape index (κ3) is 3.83. The van der Waals surface area contributed by atoms with Gasteiger partial charge in [-0.25, -0.2) is 14.6 Å². The third-order valence-electron chi connectivity index (χ3n) is 4.29. The summed E-state index contributed by atoms with van der Waals surface area (Å²) < 4.78 is 16.6. The van der Waals surface area contributed by atoms with Gasteiger partial charge in [0.1, 0.15) is 17.7 Å². The molecule has 0 aliphatic carbocycles. The number of carbonyl (C=O) groups excluding carboxylic acids is 2. The fourth-order valence-electron chi connectivity index (χ4n) is 2.98. The van der Waals surface area contributed by atoms with E-state index in [1.807, 2.05) is 24.3 Å². The lowest BCUT2D eigenvalue weighted by molar-refractivity contribution is 0.0472. The number of cyclic esters (lactones) is 1. The number of esters is 1. The maximum atomic E-state index is 12.1. The van der Waals surface area contributed by atoms with Crippen LogP contribution in [0.15, 0.2) is 48.5 Å². The first kappa shape index (κ1) is 18.4.